The van der Waals surface area contributed by atoms with E-state index in [0.29, 0.717) is 12.1 Å². The molecule has 0 saturated carbocycles. The summed E-state index contributed by atoms with van der Waals surface area (Å²) in [5.41, 5.74) is 4.50. The molecule has 3 rings (SSSR count). The highest BCUT2D eigenvalue weighted by molar-refractivity contribution is 5.32. The molecule has 1 nitrogen and oxygen atoms in total. The fourth-order valence-electron chi connectivity index (χ4n) is 3.38. The second-order valence-electron chi connectivity index (χ2n) is 6.24. The van der Waals surface area contributed by atoms with E-state index < -0.39 is 0 Å². The number of nitrogens with one attached hydrogen (secondary N) is 1. The van der Waals surface area contributed by atoms with Gasteiger partial charge in [-0.15, -0.1) is 0 Å². The molecule has 0 amide bonds. The van der Waals surface area contributed by atoms with E-state index in [1.54, 1.807) is 0 Å². The Hall–Kier alpha value is -1.60. The van der Waals surface area contributed by atoms with E-state index >= 15 is 0 Å². The van der Waals surface area contributed by atoms with Gasteiger partial charge in [-0.1, -0.05) is 54.6 Å². The van der Waals surface area contributed by atoms with Gasteiger partial charge in [0, 0.05) is 12.1 Å². The smallest absolute Gasteiger partial charge is 0.0325 e. The summed E-state index contributed by atoms with van der Waals surface area (Å²) < 4.78 is 0. The second kappa shape index (κ2) is 6.91. The van der Waals surface area contributed by atoms with Crippen LogP contribution >= 0.6 is 0 Å². The summed E-state index contributed by atoms with van der Waals surface area (Å²) in [6.07, 6.45) is 6.17. The molecule has 0 radical (unpaired) electrons. The van der Waals surface area contributed by atoms with Crippen molar-refractivity contribution in [2.45, 2.75) is 51.1 Å². The first kappa shape index (κ1) is 14.3. The number of benzene rings is 2. The van der Waals surface area contributed by atoms with E-state index in [-0.39, 0.29) is 0 Å². The Morgan fingerprint density at radius 3 is 2.67 bits per heavy atom. The SMILES string of the molecule is CC(CCc1ccccc1)NC1CCCc2ccccc21. The molecule has 1 heteroatoms. The van der Waals surface area contributed by atoms with Crippen LogP contribution < -0.4 is 5.32 Å². The Labute approximate surface area is 128 Å². The molecule has 2 atom stereocenters. The highest BCUT2D eigenvalue weighted by Crippen LogP contribution is 2.30. The van der Waals surface area contributed by atoms with Crippen LogP contribution in [0.3, 0.4) is 0 Å². The van der Waals surface area contributed by atoms with Crippen molar-refractivity contribution in [1.82, 2.24) is 5.32 Å². The lowest BCUT2D eigenvalue weighted by atomic mass is 9.87. The number of hydrogen-bond donors (Lipinski definition) is 1. The maximum atomic E-state index is 3.85. The number of hydrogen-bond acceptors (Lipinski definition) is 1. The van der Waals surface area contributed by atoms with E-state index in [1.165, 1.54) is 42.4 Å². The molecule has 0 saturated heterocycles. The molecule has 0 spiro atoms. The van der Waals surface area contributed by atoms with Gasteiger partial charge in [0.05, 0.1) is 0 Å². The zero-order chi connectivity index (χ0) is 14.5. The monoisotopic (exact) mass is 279 g/mol. The lowest BCUT2D eigenvalue weighted by molar-refractivity contribution is 0.395. The Morgan fingerprint density at radius 1 is 1.05 bits per heavy atom. The van der Waals surface area contributed by atoms with E-state index in [4.69, 9.17) is 0 Å². The minimum atomic E-state index is 0.542. The van der Waals surface area contributed by atoms with Gasteiger partial charge in [-0.05, 0) is 55.7 Å². The van der Waals surface area contributed by atoms with Crippen LogP contribution in [-0.2, 0) is 12.8 Å². The molecule has 21 heavy (non-hydrogen) atoms. The van der Waals surface area contributed by atoms with Crippen molar-refractivity contribution in [3.63, 3.8) is 0 Å². The van der Waals surface area contributed by atoms with E-state index in [1.807, 2.05) is 0 Å². The molecule has 0 heterocycles. The van der Waals surface area contributed by atoms with Crippen molar-refractivity contribution in [2.24, 2.45) is 0 Å². The molecule has 2 aromatic rings. The van der Waals surface area contributed by atoms with Crippen LogP contribution in [-0.4, -0.2) is 6.04 Å². The fraction of sp³-hybridized carbons (Fsp3) is 0.400. The van der Waals surface area contributed by atoms with Gasteiger partial charge in [0.2, 0.25) is 0 Å². The maximum absolute atomic E-state index is 3.85. The minimum absolute atomic E-state index is 0.542. The van der Waals surface area contributed by atoms with Crippen LogP contribution in [0.15, 0.2) is 54.6 Å². The average molecular weight is 279 g/mol. The molecule has 1 aliphatic rings. The molecule has 0 aromatic heterocycles. The van der Waals surface area contributed by atoms with Gasteiger partial charge in [-0.2, -0.15) is 0 Å². The van der Waals surface area contributed by atoms with Crippen LogP contribution in [0.25, 0.3) is 0 Å². The molecule has 0 aliphatic heterocycles. The topological polar surface area (TPSA) is 12.0 Å². The highest BCUT2D eigenvalue weighted by atomic mass is 14.9. The predicted octanol–water partition coefficient (Wildman–Crippen LogP) is 4.67. The summed E-state index contributed by atoms with van der Waals surface area (Å²) in [7, 11) is 0. The average Bonchev–Trinajstić information content (AvgIpc) is 2.54. The Balaban J connectivity index is 1.57. The molecular formula is C20H25N. The zero-order valence-corrected chi connectivity index (χ0v) is 12.9. The molecule has 1 aliphatic carbocycles. The zero-order valence-electron chi connectivity index (χ0n) is 12.9. The molecule has 2 unspecified atom stereocenters. The van der Waals surface area contributed by atoms with Crippen LogP contribution in [0.5, 0.6) is 0 Å². The summed E-state index contributed by atoms with van der Waals surface area (Å²) in [6, 6.07) is 20.8. The van der Waals surface area contributed by atoms with Crippen LogP contribution in [0.4, 0.5) is 0 Å². The van der Waals surface area contributed by atoms with Gasteiger partial charge in [0.15, 0.2) is 0 Å². The van der Waals surface area contributed by atoms with Crippen molar-refractivity contribution in [3.8, 4) is 0 Å². The lowest BCUT2D eigenvalue weighted by Gasteiger charge is -2.29. The summed E-state index contributed by atoms with van der Waals surface area (Å²) >= 11 is 0. The summed E-state index contributed by atoms with van der Waals surface area (Å²) in [5, 5.41) is 3.85. The maximum Gasteiger partial charge on any atom is 0.0325 e. The van der Waals surface area contributed by atoms with Gasteiger partial charge < -0.3 is 5.32 Å². The second-order valence-corrected chi connectivity index (χ2v) is 6.24. The fourth-order valence-corrected chi connectivity index (χ4v) is 3.38. The highest BCUT2D eigenvalue weighted by Gasteiger charge is 2.20. The largest absolute Gasteiger partial charge is 0.307 e. The van der Waals surface area contributed by atoms with Crippen molar-refractivity contribution in [1.29, 1.82) is 0 Å². The van der Waals surface area contributed by atoms with Crippen molar-refractivity contribution >= 4 is 0 Å². The van der Waals surface area contributed by atoms with Gasteiger partial charge in [0.1, 0.15) is 0 Å². The van der Waals surface area contributed by atoms with Gasteiger partial charge in [-0.25, -0.2) is 0 Å². The van der Waals surface area contributed by atoms with E-state index in [2.05, 4.69) is 66.8 Å². The minimum Gasteiger partial charge on any atom is -0.307 e. The molecule has 2 aromatic carbocycles. The molecule has 0 bridgehead atoms. The Morgan fingerprint density at radius 2 is 1.81 bits per heavy atom. The van der Waals surface area contributed by atoms with Crippen LogP contribution in [0, 0.1) is 0 Å². The summed E-state index contributed by atoms with van der Waals surface area (Å²) in [4.78, 5) is 0. The molecular weight excluding hydrogens is 254 g/mol. The molecule has 1 N–H and O–H groups in total. The third-order valence-corrected chi connectivity index (χ3v) is 4.56. The van der Waals surface area contributed by atoms with Crippen LogP contribution in [0.2, 0.25) is 0 Å². The quantitative estimate of drug-likeness (QED) is 0.838. The first-order chi connectivity index (χ1) is 10.3. The number of rotatable bonds is 5. The first-order valence-corrected chi connectivity index (χ1v) is 8.21. The van der Waals surface area contributed by atoms with Crippen molar-refractivity contribution in [2.75, 3.05) is 0 Å². The van der Waals surface area contributed by atoms with E-state index in [0.717, 1.165) is 6.42 Å². The standard InChI is InChI=1S/C20H25N/c1-16(14-15-17-8-3-2-4-9-17)21-20-13-7-11-18-10-5-6-12-19(18)20/h2-6,8-10,12,16,20-21H,7,11,13-15H2,1H3. The van der Waals surface area contributed by atoms with Crippen molar-refractivity contribution in [3.05, 3.63) is 71.3 Å². The Bertz CT molecular complexity index is 561. The summed E-state index contributed by atoms with van der Waals surface area (Å²) in [5.74, 6) is 0. The first-order valence-electron chi connectivity index (χ1n) is 8.21. The summed E-state index contributed by atoms with van der Waals surface area (Å²) in [6.45, 7) is 2.32. The normalized spacial score (nSPS) is 19.0. The van der Waals surface area contributed by atoms with E-state index in [9.17, 15) is 0 Å². The van der Waals surface area contributed by atoms with Gasteiger partial charge in [0.25, 0.3) is 0 Å². The van der Waals surface area contributed by atoms with Crippen LogP contribution in [0.1, 0.15) is 48.9 Å². The molecule has 110 valence electrons. The lowest BCUT2D eigenvalue weighted by Crippen LogP contribution is -2.33. The van der Waals surface area contributed by atoms with Crippen molar-refractivity contribution < 1.29 is 0 Å². The molecule has 0 fully saturated rings. The number of aryl methyl sites for hydroxylation is 2. The third-order valence-electron chi connectivity index (χ3n) is 4.56. The Kier molecular flexibility index (Phi) is 4.72. The third kappa shape index (κ3) is 3.74. The predicted molar refractivity (Wildman–Crippen MR) is 89.5 cm³/mol. The number of fused-ring (bicyclic) bond motifs is 1. The van der Waals surface area contributed by atoms with Gasteiger partial charge in [-0.3, -0.25) is 0 Å². The van der Waals surface area contributed by atoms with Gasteiger partial charge >= 0.3 is 0 Å².